The molecule has 0 bridgehead atoms. The molecule has 0 saturated heterocycles. The lowest BCUT2D eigenvalue weighted by atomic mass is 10.2. The van der Waals surface area contributed by atoms with Gasteiger partial charge in [-0.3, -0.25) is 0 Å². The van der Waals surface area contributed by atoms with Crippen molar-refractivity contribution in [2.24, 2.45) is 0 Å². The highest BCUT2D eigenvalue weighted by atomic mass is 28.4. The van der Waals surface area contributed by atoms with Gasteiger partial charge in [0.1, 0.15) is 0 Å². The van der Waals surface area contributed by atoms with Gasteiger partial charge in [0.2, 0.25) is 0 Å². The first kappa shape index (κ1) is 14.1. The maximum Gasteiger partial charge on any atom is 0.497 e. The molecule has 86 valence electrons. The normalized spacial score (nSPS) is 12.0. The highest BCUT2D eigenvalue weighted by Crippen LogP contribution is 2.08. The van der Waals surface area contributed by atoms with E-state index in [0.29, 0.717) is 0 Å². The quantitative estimate of drug-likeness (QED) is 0.442. The third kappa shape index (κ3) is 6.54. The van der Waals surface area contributed by atoms with Crippen LogP contribution in [0.15, 0.2) is 0 Å². The zero-order valence-electron chi connectivity index (χ0n) is 9.97. The predicted octanol–water partition coefficient (Wildman–Crippen LogP) is 2.83. The monoisotopic (exact) mass is 220 g/mol. The van der Waals surface area contributed by atoms with E-state index in [1.165, 1.54) is 25.7 Å². The predicted molar refractivity (Wildman–Crippen MR) is 60.3 cm³/mol. The maximum atomic E-state index is 5.60. The summed E-state index contributed by atoms with van der Waals surface area (Å²) in [4.78, 5) is 0. The van der Waals surface area contributed by atoms with E-state index in [1.807, 2.05) is 6.55 Å². The second-order valence-corrected chi connectivity index (χ2v) is 6.36. The smallest absolute Gasteiger partial charge is 0.377 e. The van der Waals surface area contributed by atoms with Crippen LogP contribution < -0.4 is 0 Å². The van der Waals surface area contributed by atoms with E-state index in [9.17, 15) is 0 Å². The molecule has 0 spiro atoms. The van der Waals surface area contributed by atoms with Crippen LogP contribution in [0.1, 0.15) is 39.0 Å². The van der Waals surface area contributed by atoms with Gasteiger partial charge in [-0.15, -0.1) is 0 Å². The lowest BCUT2D eigenvalue weighted by Crippen LogP contribution is -2.40. The fourth-order valence-electron chi connectivity index (χ4n) is 1.16. The fourth-order valence-corrected chi connectivity index (χ4v) is 2.08. The molecule has 0 aromatic rings. The van der Waals surface area contributed by atoms with Crippen molar-refractivity contribution in [1.29, 1.82) is 0 Å². The van der Waals surface area contributed by atoms with Crippen molar-refractivity contribution in [2.45, 2.75) is 45.6 Å². The Balaban J connectivity index is 3.34. The van der Waals surface area contributed by atoms with Gasteiger partial charge in [0.25, 0.3) is 0 Å². The van der Waals surface area contributed by atoms with Gasteiger partial charge in [0, 0.05) is 27.4 Å². The molecule has 0 aliphatic heterocycles. The van der Waals surface area contributed by atoms with Crippen molar-refractivity contribution in [3.05, 3.63) is 0 Å². The number of hydrogen-bond donors (Lipinski definition) is 0. The lowest BCUT2D eigenvalue weighted by molar-refractivity contribution is 0.104. The van der Waals surface area contributed by atoms with Crippen LogP contribution >= 0.6 is 0 Å². The molecule has 0 radical (unpaired) electrons. The Morgan fingerprint density at radius 1 is 0.929 bits per heavy atom. The first-order chi connectivity index (χ1) is 6.68. The van der Waals surface area contributed by atoms with Gasteiger partial charge in [-0.05, 0) is 6.42 Å². The number of hydrogen-bond acceptors (Lipinski definition) is 3. The Morgan fingerprint density at radius 2 is 1.50 bits per heavy atom. The molecule has 0 aromatic heterocycles. The van der Waals surface area contributed by atoms with Crippen LogP contribution in [-0.2, 0) is 13.3 Å². The van der Waals surface area contributed by atoms with Crippen LogP contribution in [0.2, 0.25) is 6.55 Å². The molecular formula is C10H24O3Si. The van der Waals surface area contributed by atoms with Gasteiger partial charge in [-0.25, -0.2) is 0 Å². The number of unbranched alkanes of at least 4 members (excludes halogenated alkanes) is 4. The van der Waals surface area contributed by atoms with Gasteiger partial charge in [0.05, 0.1) is 0 Å². The summed E-state index contributed by atoms with van der Waals surface area (Å²) in [5, 5.41) is 0. The van der Waals surface area contributed by atoms with Crippen molar-refractivity contribution in [1.82, 2.24) is 0 Å². The topological polar surface area (TPSA) is 27.7 Å². The van der Waals surface area contributed by atoms with E-state index in [0.717, 1.165) is 13.0 Å². The molecule has 0 aromatic carbocycles. The van der Waals surface area contributed by atoms with Crippen LogP contribution in [0, 0.1) is 0 Å². The van der Waals surface area contributed by atoms with Crippen LogP contribution in [0.3, 0.4) is 0 Å². The van der Waals surface area contributed by atoms with Crippen molar-refractivity contribution in [2.75, 3.05) is 20.8 Å². The van der Waals surface area contributed by atoms with E-state index in [4.69, 9.17) is 13.3 Å². The molecule has 0 fully saturated rings. The number of rotatable bonds is 9. The van der Waals surface area contributed by atoms with Crippen molar-refractivity contribution in [3.8, 4) is 0 Å². The Bertz CT molecular complexity index is 127. The molecule has 0 N–H and O–H groups in total. The molecule has 0 saturated carbocycles. The van der Waals surface area contributed by atoms with Crippen LogP contribution in [0.25, 0.3) is 0 Å². The summed E-state index contributed by atoms with van der Waals surface area (Å²) < 4.78 is 16.0. The summed E-state index contributed by atoms with van der Waals surface area (Å²) in [6.45, 7) is 4.89. The molecule has 0 aliphatic rings. The third-order valence-corrected chi connectivity index (χ3v) is 4.57. The summed E-state index contributed by atoms with van der Waals surface area (Å²) in [7, 11) is 1.03. The van der Waals surface area contributed by atoms with Crippen molar-refractivity contribution < 1.29 is 13.3 Å². The molecule has 4 heteroatoms. The van der Waals surface area contributed by atoms with Gasteiger partial charge in [-0.1, -0.05) is 32.6 Å². The highest BCUT2D eigenvalue weighted by molar-refractivity contribution is 6.59. The standard InChI is InChI=1S/C10H24O3Si/c1-5-6-7-8-9-10-13-14(4,11-2)12-3/h5-10H2,1-4H3. The molecule has 0 amide bonds. The summed E-state index contributed by atoms with van der Waals surface area (Å²) >= 11 is 0. The Hall–Kier alpha value is 0.0969. The summed E-state index contributed by atoms with van der Waals surface area (Å²) in [6, 6.07) is 0. The summed E-state index contributed by atoms with van der Waals surface area (Å²) in [5.41, 5.74) is 0. The second kappa shape index (κ2) is 8.41. The Kier molecular flexibility index (Phi) is 8.47. The molecule has 0 atom stereocenters. The van der Waals surface area contributed by atoms with Crippen LogP contribution in [-0.4, -0.2) is 29.6 Å². The molecule has 0 aliphatic carbocycles. The van der Waals surface area contributed by atoms with Crippen LogP contribution in [0.5, 0.6) is 0 Å². The van der Waals surface area contributed by atoms with Gasteiger partial charge in [-0.2, -0.15) is 0 Å². The zero-order chi connectivity index (χ0) is 10.9. The first-order valence-electron chi connectivity index (χ1n) is 5.42. The van der Waals surface area contributed by atoms with Gasteiger partial charge < -0.3 is 13.3 Å². The molecule has 14 heavy (non-hydrogen) atoms. The molecule has 0 unspecified atom stereocenters. The average molecular weight is 220 g/mol. The SMILES string of the molecule is CCCCCCCO[Si](C)(OC)OC. The van der Waals surface area contributed by atoms with E-state index in [1.54, 1.807) is 14.2 Å². The van der Waals surface area contributed by atoms with E-state index >= 15 is 0 Å². The minimum atomic E-state index is -2.27. The zero-order valence-corrected chi connectivity index (χ0v) is 11.0. The Morgan fingerprint density at radius 3 is 2.00 bits per heavy atom. The lowest BCUT2D eigenvalue weighted by Gasteiger charge is -2.21. The minimum Gasteiger partial charge on any atom is -0.377 e. The largest absolute Gasteiger partial charge is 0.497 e. The second-order valence-electron chi connectivity index (χ2n) is 3.53. The maximum absolute atomic E-state index is 5.60. The molecule has 0 rings (SSSR count). The van der Waals surface area contributed by atoms with Crippen molar-refractivity contribution in [3.63, 3.8) is 0 Å². The molecular weight excluding hydrogens is 196 g/mol. The molecule has 3 nitrogen and oxygen atoms in total. The van der Waals surface area contributed by atoms with E-state index in [2.05, 4.69) is 6.92 Å². The minimum absolute atomic E-state index is 0.758. The fraction of sp³-hybridized carbons (Fsp3) is 1.00. The Labute approximate surface area is 89.1 Å². The summed E-state index contributed by atoms with van der Waals surface area (Å²) in [5.74, 6) is 0. The van der Waals surface area contributed by atoms with Crippen LogP contribution in [0.4, 0.5) is 0 Å². The highest BCUT2D eigenvalue weighted by Gasteiger charge is 2.31. The van der Waals surface area contributed by atoms with E-state index in [-0.39, 0.29) is 0 Å². The first-order valence-corrected chi connectivity index (χ1v) is 7.65. The summed E-state index contributed by atoms with van der Waals surface area (Å²) in [6.07, 6.45) is 6.26. The average Bonchev–Trinajstić information content (AvgIpc) is 2.23. The molecule has 0 heterocycles. The van der Waals surface area contributed by atoms with E-state index < -0.39 is 8.80 Å². The van der Waals surface area contributed by atoms with Gasteiger partial charge in [0.15, 0.2) is 0 Å². The van der Waals surface area contributed by atoms with Gasteiger partial charge >= 0.3 is 8.80 Å². The third-order valence-electron chi connectivity index (χ3n) is 2.35. The van der Waals surface area contributed by atoms with Crippen molar-refractivity contribution >= 4 is 8.80 Å².